The SMILES string of the molecule is COc1cccc(OCCCCOc2c3ccoc3cc3oc(=O)ccc23)c1. The molecule has 2 heterocycles. The summed E-state index contributed by atoms with van der Waals surface area (Å²) in [5, 5.41) is 1.61. The standard InChI is InChI=1S/C22H20O6/c1-24-15-5-4-6-16(13-15)25-10-2-3-11-27-22-17-7-8-21(23)28-20(17)14-19-18(22)9-12-26-19/h4-9,12-14H,2-3,10-11H2,1H3. The number of fused-ring (bicyclic) bond motifs is 2. The smallest absolute Gasteiger partial charge is 0.336 e. The highest BCUT2D eigenvalue weighted by Gasteiger charge is 2.13. The zero-order valence-electron chi connectivity index (χ0n) is 15.5. The Labute approximate surface area is 161 Å². The van der Waals surface area contributed by atoms with E-state index in [2.05, 4.69) is 0 Å². The monoisotopic (exact) mass is 380 g/mol. The van der Waals surface area contributed by atoms with Crippen molar-refractivity contribution in [2.75, 3.05) is 20.3 Å². The highest BCUT2D eigenvalue weighted by Crippen LogP contribution is 2.35. The predicted octanol–water partition coefficient (Wildman–Crippen LogP) is 4.79. The van der Waals surface area contributed by atoms with Gasteiger partial charge in [-0.1, -0.05) is 6.07 Å². The number of furan rings is 1. The number of rotatable bonds is 8. The molecule has 0 saturated heterocycles. The Hall–Kier alpha value is -3.41. The number of methoxy groups -OCH3 is 1. The van der Waals surface area contributed by atoms with Crippen molar-refractivity contribution in [1.82, 2.24) is 0 Å². The van der Waals surface area contributed by atoms with Gasteiger partial charge in [-0.2, -0.15) is 0 Å². The minimum Gasteiger partial charge on any atom is -0.497 e. The Morgan fingerprint density at radius 2 is 1.64 bits per heavy atom. The Morgan fingerprint density at radius 1 is 0.857 bits per heavy atom. The van der Waals surface area contributed by atoms with Crippen molar-refractivity contribution in [2.24, 2.45) is 0 Å². The van der Waals surface area contributed by atoms with E-state index in [-0.39, 0.29) is 0 Å². The molecule has 0 unspecified atom stereocenters. The third-order valence-corrected chi connectivity index (χ3v) is 4.40. The van der Waals surface area contributed by atoms with Gasteiger partial charge in [0.15, 0.2) is 0 Å². The van der Waals surface area contributed by atoms with Crippen molar-refractivity contribution in [3.8, 4) is 17.2 Å². The first-order valence-corrected chi connectivity index (χ1v) is 9.08. The second-order valence-corrected chi connectivity index (χ2v) is 6.29. The van der Waals surface area contributed by atoms with Gasteiger partial charge in [0, 0.05) is 18.2 Å². The summed E-state index contributed by atoms with van der Waals surface area (Å²) < 4.78 is 27.7. The van der Waals surface area contributed by atoms with Gasteiger partial charge in [0.05, 0.1) is 37.4 Å². The molecule has 144 valence electrons. The summed E-state index contributed by atoms with van der Waals surface area (Å²) in [6.07, 6.45) is 3.25. The van der Waals surface area contributed by atoms with Crippen molar-refractivity contribution in [2.45, 2.75) is 12.8 Å². The number of unbranched alkanes of at least 4 members (excludes halogenated alkanes) is 1. The predicted molar refractivity (Wildman–Crippen MR) is 105 cm³/mol. The van der Waals surface area contributed by atoms with Crippen LogP contribution in [0.1, 0.15) is 12.8 Å². The largest absolute Gasteiger partial charge is 0.497 e. The highest BCUT2D eigenvalue weighted by molar-refractivity contribution is 6.01. The molecule has 0 aliphatic carbocycles. The number of hydrogen-bond donors (Lipinski definition) is 0. The zero-order chi connectivity index (χ0) is 19.3. The molecule has 28 heavy (non-hydrogen) atoms. The van der Waals surface area contributed by atoms with E-state index >= 15 is 0 Å². The van der Waals surface area contributed by atoms with E-state index in [4.69, 9.17) is 23.0 Å². The van der Waals surface area contributed by atoms with Gasteiger partial charge in [-0.15, -0.1) is 0 Å². The second kappa shape index (κ2) is 8.08. The van der Waals surface area contributed by atoms with Crippen molar-refractivity contribution in [1.29, 1.82) is 0 Å². The van der Waals surface area contributed by atoms with Gasteiger partial charge in [-0.3, -0.25) is 0 Å². The fourth-order valence-electron chi connectivity index (χ4n) is 3.03. The Morgan fingerprint density at radius 3 is 2.50 bits per heavy atom. The molecule has 0 spiro atoms. The third-order valence-electron chi connectivity index (χ3n) is 4.40. The molecule has 0 fully saturated rings. The molecule has 0 amide bonds. The quantitative estimate of drug-likeness (QED) is 0.323. The molecule has 2 aromatic carbocycles. The normalized spacial score (nSPS) is 11.0. The molecule has 6 heteroatoms. The first-order chi connectivity index (χ1) is 13.7. The average Bonchev–Trinajstić information content (AvgIpc) is 3.18. The second-order valence-electron chi connectivity index (χ2n) is 6.29. The van der Waals surface area contributed by atoms with E-state index in [1.54, 1.807) is 25.5 Å². The van der Waals surface area contributed by atoms with Crippen LogP contribution in [0.5, 0.6) is 17.2 Å². The lowest BCUT2D eigenvalue weighted by Crippen LogP contribution is -2.03. The lowest BCUT2D eigenvalue weighted by molar-refractivity contribution is 0.268. The van der Waals surface area contributed by atoms with E-state index in [1.165, 1.54) is 6.07 Å². The molecule has 0 aliphatic rings. The Balaban J connectivity index is 1.37. The number of benzene rings is 2. The summed E-state index contributed by atoms with van der Waals surface area (Å²) in [6.45, 7) is 1.10. The highest BCUT2D eigenvalue weighted by atomic mass is 16.5. The van der Waals surface area contributed by atoms with E-state index < -0.39 is 5.63 Å². The van der Waals surface area contributed by atoms with Crippen molar-refractivity contribution >= 4 is 21.9 Å². The van der Waals surface area contributed by atoms with Crippen LogP contribution in [0.15, 0.2) is 68.4 Å². The molecule has 6 nitrogen and oxygen atoms in total. The number of hydrogen-bond acceptors (Lipinski definition) is 6. The third kappa shape index (κ3) is 3.81. The summed E-state index contributed by atoms with van der Waals surface area (Å²) in [6, 6.07) is 14.2. The summed E-state index contributed by atoms with van der Waals surface area (Å²) in [5.41, 5.74) is 0.670. The fourth-order valence-corrected chi connectivity index (χ4v) is 3.03. The first-order valence-electron chi connectivity index (χ1n) is 9.08. The topological polar surface area (TPSA) is 71.0 Å². The van der Waals surface area contributed by atoms with Gasteiger partial charge >= 0.3 is 5.63 Å². The maximum absolute atomic E-state index is 11.5. The molecule has 2 aromatic heterocycles. The van der Waals surface area contributed by atoms with Crippen LogP contribution in [-0.4, -0.2) is 20.3 Å². The molecule has 0 radical (unpaired) electrons. The van der Waals surface area contributed by atoms with Crippen LogP contribution < -0.4 is 19.8 Å². The minimum absolute atomic E-state index is 0.404. The maximum Gasteiger partial charge on any atom is 0.336 e. The maximum atomic E-state index is 11.5. The van der Waals surface area contributed by atoms with Gasteiger partial charge < -0.3 is 23.0 Å². The molecule has 0 N–H and O–H groups in total. The van der Waals surface area contributed by atoms with Gasteiger partial charge in [0.25, 0.3) is 0 Å². The molecule has 0 bridgehead atoms. The van der Waals surface area contributed by atoms with Crippen molar-refractivity contribution in [3.05, 3.63) is 65.2 Å². The van der Waals surface area contributed by atoms with Crippen molar-refractivity contribution < 1.29 is 23.0 Å². The van der Waals surface area contributed by atoms with Crippen LogP contribution in [0.2, 0.25) is 0 Å². The van der Waals surface area contributed by atoms with Crippen LogP contribution in [0, 0.1) is 0 Å². The van der Waals surface area contributed by atoms with Gasteiger partial charge in [0.2, 0.25) is 0 Å². The van der Waals surface area contributed by atoms with Crippen LogP contribution in [0.25, 0.3) is 21.9 Å². The minimum atomic E-state index is -0.404. The van der Waals surface area contributed by atoms with E-state index in [0.29, 0.717) is 30.1 Å². The average molecular weight is 380 g/mol. The van der Waals surface area contributed by atoms with Gasteiger partial charge in [0.1, 0.15) is 28.4 Å². The fraction of sp³-hybridized carbons (Fsp3) is 0.227. The number of ether oxygens (including phenoxy) is 3. The molecular formula is C22H20O6. The van der Waals surface area contributed by atoms with Gasteiger partial charge in [-0.05, 0) is 37.1 Å². The van der Waals surface area contributed by atoms with Crippen LogP contribution in [-0.2, 0) is 0 Å². The first kappa shape index (κ1) is 18.0. The summed E-state index contributed by atoms with van der Waals surface area (Å²) in [4.78, 5) is 11.5. The van der Waals surface area contributed by atoms with Crippen LogP contribution in [0.3, 0.4) is 0 Å². The molecular weight excluding hydrogens is 360 g/mol. The lowest BCUT2D eigenvalue weighted by Gasteiger charge is -2.11. The lowest BCUT2D eigenvalue weighted by atomic mass is 10.1. The van der Waals surface area contributed by atoms with Crippen LogP contribution in [0.4, 0.5) is 0 Å². The Kier molecular flexibility index (Phi) is 5.19. The van der Waals surface area contributed by atoms with E-state index in [1.807, 2.05) is 30.3 Å². The van der Waals surface area contributed by atoms with Crippen molar-refractivity contribution in [3.63, 3.8) is 0 Å². The van der Waals surface area contributed by atoms with E-state index in [0.717, 1.165) is 35.1 Å². The molecule has 0 atom stereocenters. The molecule has 0 saturated carbocycles. The molecule has 0 aliphatic heterocycles. The summed E-state index contributed by atoms with van der Waals surface area (Å²) in [5.74, 6) is 2.22. The Bertz CT molecular complexity index is 1140. The molecule has 4 rings (SSSR count). The zero-order valence-corrected chi connectivity index (χ0v) is 15.5. The molecule has 4 aromatic rings. The summed E-state index contributed by atoms with van der Waals surface area (Å²) >= 11 is 0. The van der Waals surface area contributed by atoms with E-state index in [9.17, 15) is 4.79 Å². The summed E-state index contributed by atoms with van der Waals surface area (Å²) in [7, 11) is 1.63. The van der Waals surface area contributed by atoms with Gasteiger partial charge in [-0.25, -0.2) is 4.79 Å². The van der Waals surface area contributed by atoms with Crippen LogP contribution >= 0.6 is 0 Å².